The van der Waals surface area contributed by atoms with Gasteiger partial charge in [0.1, 0.15) is 0 Å². The standard InChI is InChI=1S/C13H20F2N2O3S/c1-17(9-10-20-2)8-7-16-11-5-3-4-6-12(11)21(18,19)13(14)15/h3-6,13,16H,7-10H2,1-2H3. The van der Waals surface area contributed by atoms with Crippen LogP contribution in [0.4, 0.5) is 14.5 Å². The number of benzene rings is 1. The van der Waals surface area contributed by atoms with Crippen molar-refractivity contribution in [2.24, 2.45) is 0 Å². The summed E-state index contributed by atoms with van der Waals surface area (Å²) in [5.41, 5.74) is 0.193. The summed E-state index contributed by atoms with van der Waals surface area (Å²) < 4.78 is 53.4. The van der Waals surface area contributed by atoms with Gasteiger partial charge in [-0.3, -0.25) is 0 Å². The number of methoxy groups -OCH3 is 1. The first kappa shape index (κ1) is 17.8. The molecule has 1 rings (SSSR count). The number of rotatable bonds is 9. The zero-order valence-electron chi connectivity index (χ0n) is 12.1. The summed E-state index contributed by atoms with van der Waals surface area (Å²) >= 11 is 0. The molecule has 0 heterocycles. The van der Waals surface area contributed by atoms with E-state index in [0.29, 0.717) is 19.7 Å². The molecule has 1 aromatic rings. The van der Waals surface area contributed by atoms with Gasteiger partial charge in [-0.05, 0) is 19.2 Å². The van der Waals surface area contributed by atoms with Crippen molar-refractivity contribution in [1.82, 2.24) is 4.90 Å². The molecule has 0 bridgehead atoms. The van der Waals surface area contributed by atoms with Crippen LogP contribution in [-0.2, 0) is 14.6 Å². The van der Waals surface area contributed by atoms with Crippen LogP contribution in [0.5, 0.6) is 0 Å². The first-order valence-corrected chi connectivity index (χ1v) is 7.96. The Labute approximate surface area is 123 Å². The van der Waals surface area contributed by atoms with E-state index in [1.54, 1.807) is 13.2 Å². The van der Waals surface area contributed by atoms with Gasteiger partial charge in [0, 0.05) is 26.7 Å². The van der Waals surface area contributed by atoms with Crippen LogP contribution in [0.25, 0.3) is 0 Å². The van der Waals surface area contributed by atoms with E-state index >= 15 is 0 Å². The molecule has 0 aromatic heterocycles. The molecule has 0 radical (unpaired) electrons. The zero-order valence-corrected chi connectivity index (χ0v) is 12.9. The van der Waals surface area contributed by atoms with E-state index in [0.717, 1.165) is 6.54 Å². The Balaban J connectivity index is 2.69. The molecule has 0 saturated heterocycles. The SMILES string of the molecule is COCCN(C)CCNc1ccccc1S(=O)(=O)C(F)F. The summed E-state index contributed by atoms with van der Waals surface area (Å²) in [7, 11) is -1.10. The third-order valence-electron chi connectivity index (χ3n) is 2.91. The van der Waals surface area contributed by atoms with Crippen LogP contribution in [0, 0.1) is 0 Å². The van der Waals surface area contributed by atoms with Gasteiger partial charge < -0.3 is 15.0 Å². The Hall–Kier alpha value is -1.25. The van der Waals surface area contributed by atoms with Crippen molar-refractivity contribution in [1.29, 1.82) is 0 Å². The number of anilines is 1. The van der Waals surface area contributed by atoms with Crippen molar-refractivity contribution in [3.05, 3.63) is 24.3 Å². The quantitative estimate of drug-likeness (QED) is 0.749. The highest BCUT2D eigenvalue weighted by atomic mass is 32.2. The lowest BCUT2D eigenvalue weighted by Crippen LogP contribution is -2.28. The molecular weight excluding hydrogens is 302 g/mol. The number of para-hydroxylation sites is 1. The number of sulfone groups is 1. The molecule has 0 unspecified atom stereocenters. The van der Waals surface area contributed by atoms with E-state index in [9.17, 15) is 17.2 Å². The summed E-state index contributed by atoms with van der Waals surface area (Å²) in [6, 6.07) is 5.68. The molecular formula is C13H20F2N2O3S. The molecule has 0 fully saturated rings. The van der Waals surface area contributed by atoms with E-state index in [-0.39, 0.29) is 10.6 Å². The number of hydrogen-bond acceptors (Lipinski definition) is 5. The zero-order chi connectivity index (χ0) is 15.9. The Morgan fingerprint density at radius 1 is 1.29 bits per heavy atom. The lowest BCUT2D eigenvalue weighted by atomic mass is 10.3. The summed E-state index contributed by atoms with van der Waals surface area (Å²) in [6.45, 7) is 2.39. The van der Waals surface area contributed by atoms with Crippen molar-refractivity contribution in [3.8, 4) is 0 Å². The van der Waals surface area contributed by atoms with Crippen molar-refractivity contribution >= 4 is 15.5 Å². The molecule has 5 nitrogen and oxygen atoms in total. The van der Waals surface area contributed by atoms with Crippen LogP contribution in [-0.4, -0.2) is 59.5 Å². The number of hydrogen-bond donors (Lipinski definition) is 1. The maximum atomic E-state index is 12.6. The molecule has 8 heteroatoms. The van der Waals surface area contributed by atoms with E-state index in [4.69, 9.17) is 4.74 Å². The van der Waals surface area contributed by atoms with Crippen molar-refractivity contribution in [2.75, 3.05) is 45.7 Å². The molecule has 0 aliphatic rings. The third kappa shape index (κ3) is 5.22. The second kappa shape index (κ2) is 8.26. The van der Waals surface area contributed by atoms with Gasteiger partial charge in [-0.25, -0.2) is 8.42 Å². The Kier molecular flexibility index (Phi) is 7.00. The topological polar surface area (TPSA) is 58.6 Å². The highest BCUT2D eigenvalue weighted by Crippen LogP contribution is 2.25. The predicted octanol–water partition coefficient (Wildman–Crippen LogP) is 1.67. The van der Waals surface area contributed by atoms with E-state index in [1.165, 1.54) is 18.2 Å². The number of likely N-dealkylation sites (N-methyl/N-ethyl adjacent to an activating group) is 1. The Morgan fingerprint density at radius 3 is 2.57 bits per heavy atom. The van der Waals surface area contributed by atoms with Crippen LogP contribution in [0.3, 0.4) is 0 Å². The monoisotopic (exact) mass is 322 g/mol. The number of ether oxygens (including phenoxy) is 1. The molecule has 0 amide bonds. The van der Waals surface area contributed by atoms with Gasteiger partial charge in [0.2, 0.25) is 9.84 Å². The first-order chi connectivity index (χ1) is 9.89. The number of nitrogens with zero attached hydrogens (tertiary/aromatic N) is 1. The van der Waals surface area contributed by atoms with E-state index in [2.05, 4.69) is 5.32 Å². The summed E-state index contributed by atoms with van der Waals surface area (Å²) in [6.07, 6.45) is 0. The van der Waals surface area contributed by atoms with Crippen LogP contribution in [0.2, 0.25) is 0 Å². The molecule has 0 spiro atoms. The second-order valence-electron chi connectivity index (χ2n) is 4.52. The molecule has 1 N–H and O–H groups in total. The van der Waals surface area contributed by atoms with Crippen LogP contribution in [0.15, 0.2) is 29.2 Å². The van der Waals surface area contributed by atoms with Crippen molar-refractivity contribution in [3.63, 3.8) is 0 Å². The fourth-order valence-corrected chi connectivity index (χ4v) is 2.60. The lowest BCUT2D eigenvalue weighted by Gasteiger charge is -2.17. The smallest absolute Gasteiger partial charge is 0.341 e. The van der Waals surface area contributed by atoms with E-state index in [1.807, 2.05) is 11.9 Å². The average molecular weight is 322 g/mol. The molecule has 1 aromatic carbocycles. The highest BCUT2D eigenvalue weighted by molar-refractivity contribution is 7.91. The highest BCUT2D eigenvalue weighted by Gasteiger charge is 2.28. The molecule has 0 aliphatic heterocycles. The number of halogens is 2. The average Bonchev–Trinajstić information content (AvgIpc) is 2.45. The largest absolute Gasteiger partial charge is 0.383 e. The summed E-state index contributed by atoms with van der Waals surface area (Å²) in [5, 5.41) is 2.89. The van der Waals surface area contributed by atoms with Gasteiger partial charge in [-0.2, -0.15) is 8.78 Å². The van der Waals surface area contributed by atoms with Gasteiger partial charge >= 0.3 is 5.76 Å². The minimum absolute atomic E-state index is 0.193. The first-order valence-electron chi connectivity index (χ1n) is 6.42. The van der Waals surface area contributed by atoms with Crippen LogP contribution >= 0.6 is 0 Å². The second-order valence-corrected chi connectivity index (χ2v) is 6.41. The third-order valence-corrected chi connectivity index (χ3v) is 4.35. The van der Waals surface area contributed by atoms with Gasteiger partial charge in [-0.15, -0.1) is 0 Å². The van der Waals surface area contributed by atoms with Crippen LogP contribution in [0.1, 0.15) is 0 Å². The lowest BCUT2D eigenvalue weighted by molar-refractivity contribution is 0.163. The molecule has 0 atom stereocenters. The van der Waals surface area contributed by atoms with Crippen molar-refractivity contribution < 1.29 is 21.9 Å². The maximum Gasteiger partial charge on any atom is 0.341 e. The molecule has 120 valence electrons. The van der Waals surface area contributed by atoms with Gasteiger partial charge in [0.05, 0.1) is 17.2 Å². The molecule has 21 heavy (non-hydrogen) atoms. The van der Waals surface area contributed by atoms with Crippen LogP contribution < -0.4 is 5.32 Å². The van der Waals surface area contributed by atoms with Gasteiger partial charge in [0.15, 0.2) is 0 Å². The fraction of sp³-hybridized carbons (Fsp3) is 0.538. The maximum absolute atomic E-state index is 12.6. The normalized spacial score (nSPS) is 12.1. The number of nitrogens with one attached hydrogen (secondary N) is 1. The minimum atomic E-state index is -4.60. The minimum Gasteiger partial charge on any atom is -0.383 e. The van der Waals surface area contributed by atoms with Crippen molar-refractivity contribution in [2.45, 2.75) is 10.7 Å². The molecule has 0 aliphatic carbocycles. The van der Waals surface area contributed by atoms with E-state index < -0.39 is 15.6 Å². The Morgan fingerprint density at radius 2 is 1.95 bits per heavy atom. The predicted molar refractivity (Wildman–Crippen MR) is 77.5 cm³/mol. The summed E-state index contributed by atoms with van der Waals surface area (Å²) in [4.78, 5) is 1.61. The van der Waals surface area contributed by atoms with Gasteiger partial charge in [0.25, 0.3) is 0 Å². The fourth-order valence-electron chi connectivity index (χ4n) is 1.70. The number of alkyl halides is 2. The summed E-state index contributed by atoms with van der Waals surface area (Å²) in [5.74, 6) is -3.43. The van der Waals surface area contributed by atoms with Gasteiger partial charge in [-0.1, -0.05) is 12.1 Å². The molecule has 0 saturated carbocycles. The Bertz CT molecular complexity index is 538.